The van der Waals surface area contributed by atoms with Gasteiger partial charge >= 0.3 is 17.3 Å². The first-order valence-corrected chi connectivity index (χ1v) is 15.3. The van der Waals surface area contributed by atoms with Crippen LogP contribution in [0, 0.1) is 5.92 Å². The number of aliphatic carboxylic acids is 1. The van der Waals surface area contributed by atoms with E-state index >= 15 is 0 Å². The van der Waals surface area contributed by atoms with E-state index in [0.29, 0.717) is 28.9 Å². The molecule has 1 aromatic carbocycles. The number of carboxylic acid groups (broad SMARTS) is 1. The van der Waals surface area contributed by atoms with Crippen molar-refractivity contribution in [2.24, 2.45) is 5.92 Å². The number of amides is 2. The second kappa shape index (κ2) is 13.5. The van der Waals surface area contributed by atoms with E-state index in [-0.39, 0.29) is 25.4 Å². The van der Waals surface area contributed by atoms with Crippen molar-refractivity contribution in [3.63, 3.8) is 0 Å². The van der Waals surface area contributed by atoms with Crippen molar-refractivity contribution in [2.75, 3.05) is 12.3 Å². The van der Waals surface area contributed by atoms with Crippen LogP contribution >= 0.6 is 12.6 Å². The molecule has 3 heterocycles. The van der Waals surface area contributed by atoms with Crippen LogP contribution in [-0.4, -0.2) is 70.9 Å². The fraction of sp³-hybridized carbons (Fsp3) is 0.483. The van der Waals surface area contributed by atoms with Crippen molar-refractivity contribution >= 4 is 47.2 Å². The number of carboxylic acids is 1. The maximum atomic E-state index is 13.6. The Morgan fingerprint density at radius 1 is 1.11 bits per heavy atom. The number of carbonyl (C=O) groups excluding carboxylic acids is 3. The van der Waals surface area contributed by atoms with Gasteiger partial charge in [-0.2, -0.15) is 12.6 Å². The van der Waals surface area contributed by atoms with E-state index in [2.05, 4.69) is 33.2 Å². The van der Waals surface area contributed by atoms with Gasteiger partial charge in [-0.25, -0.2) is 28.5 Å². The third kappa shape index (κ3) is 6.72. The lowest BCUT2D eigenvalue weighted by atomic mass is 9.84. The molecule has 1 fully saturated rings. The maximum absolute atomic E-state index is 13.6. The quantitative estimate of drug-likeness (QED) is 0.146. The summed E-state index contributed by atoms with van der Waals surface area (Å²) in [6.07, 6.45) is 8.61. The Hall–Kier alpha value is -4.40. The Labute approximate surface area is 256 Å². The molecule has 1 aliphatic heterocycles. The van der Waals surface area contributed by atoms with E-state index in [1.54, 1.807) is 24.3 Å². The summed E-state index contributed by atoms with van der Waals surface area (Å²) in [4.78, 5) is 84.1. The predicted octanol–water partition coefficient (Wildman–Crippen LogP) is 1.03. The van der Waals surface area contributed by atoms with Crippen LogP contribution in [0.4, 0.5) is 0 Å². The van der Waals surface area contributed by atoms with Crippen LogP contribution in [-0.2, 0) is 27.5 Å². The first-order valence-electron chi connectivity index (χ1n) is 14.6. The number of imidazole rings is 1. The fourth-order valence-electron chi connectivity index (χ4n) is 6.01. The highest BCUT2D eigenvalue weighted by Gasteiger charge is 2.34. The predicted molar refractivity (Wildman–Crippen MR) is 163 cm³/mol. The first-order chi connectivity index (χ1) is 21.2. The third-order valence-corrected chi connectivity index (χ3v) is 8.55. The molecule has 234 valence electrons. The zero-order valence-electron chi connectivity index (χ0n) is 24.0. The van der Waals surface area contributed by atoms with Crippen molar-refractivity contribution in [1.29, 1.82) is 0 Å². The molecule has 14 nitrogen and oxygen atoms in total. The first kappa shape index (κ1) is 31.0. The Morgan fingerprint density at radius 2 is 1.89 bits per heavy atom. The van der Waals surface area contributed by atoms with Gasteiger partial charge < -0.3 is 20.7 Å². The molecule has 0 spiro atoms. The lowest BCUT2D eigenvalue weighted by molar-refractivity contribution is -0.140. The number of ketones is 1. The van der Waals surface area contributed by atoms with E-state index in [0.717, 1.165) is 40.5 Å². The SMILES string of the molecule is O=C(O)C[C@H](NC(=O)[C@@H]1C=C(CC2CCCCC2)Cn2c(=O)n(CCNC(=O)c3ccc4nc[nH]c4c3)c(=O)n21)C(=O)CS. The average Bonchev–Trinajstić information content (AvgIpc) is 3.58. The van der Waals surface area contributed by atoms with Crippen LogP contribution in [0.3, 0.4) is 0 Å². The van der Waals surface area contributed by atoms with Gasteiger partial charge in [0.05, 0.1) is 42.1 Å². The molecule has 5 rings (SSSR count). The van der Waals surface area contributed by atoms with E-state index in [9.17, 15) is 33.9 Å². The van der Waals surface area contributed by atoms with E-state index < -0.39 is 53.5 Å². The summed E-state index contributed by atoms with van der Waals surface area (Å²) in [6.45, 7) is -0.0593. The lowest BCUT2D eigenvalue weighted by Crippen LogP contribution is -2.48. The van der Waals surface area contributed by atoms with E-state index in [1.807, 2.05) is 0 Å². The van der Waals surface area contributed by atoms with Gasteiger partial charge in [-0.3, -0.25) is 19.2 Å². The number of Topliss-reactive ketones (excluding diaryl/α,β-unsaturated/α-hetero) is 1. The average molecular weight is 626 g/mol. The molecule has 0 unspecified atom stereocenters. The molecule has 0 radical (unpaired) electrons. The van der Waals surface area contributed by atoms with Crippen LogP contribution < -0.4 is 22.0 Å². The summed E-state index contributed by atoms with van der Waals surface area (Å²) in [5.74, 6) is -2.94. The highest BCUT2D eigenvalue weighted by Crippen LogP contribution is 2.31. The number of hydrogen-bond donors (Lipinski definition) is 5. The van der Waals surface area contributed by atoms with Crippen molar-refractivity contribution < 1.29 is 24.3 Å². The van der Waals surface area contributed by atoms with Crippen LogP contribution in [0.5, 0.6) is 0 Å². The highest BCUT2D eigenvalue weighted by molar-refractivity contribution is 7.81. The van der Waals surface area contributed by atoms with Crippen LogP contribution in [0.2, 0.25) is 0 Å². The summed E-state index contributed by atoms with van der Waals surface area (Å²) in [7, 11) is 0. The maximum Gasteiger partial charge on any atom is 0.348 e. The Kier molecular flexibility index (Phi) is 9.52. The van der Waals surface area contributed by atoms with Crippen molar-refractivity contribution in [1.82, 2.24) is 34.5 Å². The molecule has 44 heavy (non-hydrogen) atoms. The van der Waals surface area contributed by atoms with Crippen LogP contribution in [0.15, 0.2) is 45.8 Å². The number of allylic oxidation sites excluding steroid dienone is 1. The second-order valence-electron chi connectivity index (χ2n) is 11.3. The number of fused-ring (bicyclic) bond motifs is 2. The summed E-state index contributed by atoms with van der Waals surface area (Å²) >= 11 is 3.93. The smallest absolute Gasteiger partial charge is 0.348 e. The van der Waals surface area contributed by atoms with Crippen LogP contribution in [0.1, 0.15) is 61.3 Å². The fourth-order valence-corrected chi connectivity index (χ4v) is 6.23. The number of nitrogens with zero attached hydrogens (tertiary/aromatic N) is 4. The molecule has 2 atom stereocenters. The molecule has 0 saturated heterocycles. The summed E-state index contributed by atoms with van der Waals surface area (Å²) in [6, 6.07) is 2.35. The number of aromatic nitrogens is 5. The third-order valence-electron chi connectivity index (χ3n) is 8.24. The molecule has 2 aliphatic rings. The molecular formula is C29H35N7O7S. The Morgan fingerprint density at radius 3 is 2.61 bits per heavy atom. The van der Waals surface area contributed by atoms with Gasteiger partial charge in [0.1, 0.15) is 0 Å². The zero-order valence-corrected chi connectivity index (χ0v) is 24.9. The van der Waals surface area contributed by atoms with E-state index in [4.69, 9.17) is 0 Å². The highest BCUT2D eigenvalue weighted by atomic mass is 32.1. The number of H-pyrrole nitrogens is 1. The van der Waals surface area contributed by atoms with Crippen molar-refractivity contribution in [3.05, 3.63) is 62.7 Å². The number of hydrogen-bond acceptors (Lipinski definition) is 8. The minimum atomic E-state index is -1.34. The number of thiol groups is 1. The van der Waals surface area contributed by atoms with Crippen molar-refractivity contribution in [3.8, 4) is 0 Å². The largest absolute Gasteiger partial charge is 0.481 e. The number of aromatic amines is 1. The van der Waals surface area contributed by atoms with Gasteiger partial charge in [0.2, 0.25) is 5.91 Å². The van der Waals surface area contributed by atoms with Gasteiger partial charge in [0.25, 0.3) is 5.91 Å². The number of nitrogens with one attached hydrogen (secondary N) is 3. The zero-order chi connectivity index (χ0) is 31.4. The minimum absolute atomic E-state index is 0.0324. The number of rotatable bonds is 12. The van der Waals surface area contributed by atoms with E-state index in [1.165, 1.54) is 17.4 Å². The summed E-state index contributed by atoms with van der Waals surface area (Å²) < 4.78 is 3.22. The second-order valence-corrected chi connectivity index (χ2v) is 11.6. The molecule has 2 aromatic heterocycles. The molecule has 4 N–H and O–H groups in total. The van der Waals surface area contributed by atoms with Crippen molar-refractivity contribution in [2.45, 2.75) is 70.1 Å². The standard InChI is InChI=1S/C29H35N7O7S/c37-24(15-44)22(13-25(38)39)33-27(41)23-11-18(10-17-4-2-1-3-5-17)14-35-28(42)34(29(43)36(23)35)9-8-30-26(40)19-6-7-20-21(12-19)32-16-31-20/h6-7,11-12,16-17,22-23,44H,1-5,8-10,13-15H2,(H,30,40)(H,31,32)(H,33,41)(H,38,39)/t22-,23-/m0/s1. The van der Waals surface area contributed by atoms with Gasteiger partial charge in [-0.15, -0.1) is 0 Å². The molecule has 1 aliphatic carbocycles. The molecule has 2 amide bonds. The molecule has 3 aromatic rings. The Balaban J connectivity index is 1.38. The molecular weight excluding hydrogens is 590 g/mol. The Bertz CT molecular complexity index is 1730. The van der Waals surface area contributed by atoms with Crippen LogP contribution in [0.25, 0.3) is 11.0 Å². The van der Waals surface area contributed by atoms with Gasteiger partial charge in [-0.1, -0.05) is 32.1 Å². The van der Waals surface area contributed by atoms with Gasteiger partial charge in [-0.05, 0) is 42.2 Å². The van der Waals surface area contributed by atoms with Gasteiger partial charge in [0.15, 0.2) is 11.8 Å². The molecule has 1 saturated carbocycles. The summed E-state index contributed by atoms with van der Waals surface area (Å²) in [5.41, 5.74) is 1.20. The minimum Gasteiger partial charge on any atom is -0.481 e. The van der Waals surface area contributed by atoms with Gasteiger partial charge in [0, 0.05) is 18.7 Å². The number of carbonyl (C=O) groups is 4. The molecule has 0 bridgehead atoms. The number of benzene rings is 1. The summed E-state index contributed by atoms with van der Waals surface area (Å²) in [5, 5.41) is 14.5. The lowest BCUT2D eigenvalue weighted by Gasteiger charge is -2.28. The normalized spacial score (nSPS) is 17.5. The molecule has 15 heteroatoms. The monoisotopic (exact) mass is 625 g/mol. The topological polar surface area (TPSA) is 190 Å².